The number of anilines is 2. The molecule has 0 radical (unpaired) electrons. The summed E-state index contributed by atoms with van der Waals surface area (Å²) in [7, 11) is 0. The van der Waals surface area contributed by atoms with Crippen LogP contribution in [0.2, 0.25) is 0 Å². The summed E-state index contributed by atoms with van der Waals surface area (Å²) in [6.07, 6.45) is 5.51. The number of thioether (sulfide) groups is 1. The van der Waals surface area contributed by atoms with Gasteiger partial charge in [0.25, 0.3) is 5.91 Å². The van der Waals surface area contributed by atoms with Crippen LogP contribution in [0.4, 0.5) is 11.4 Å². The van der Waals surface area contributed by atoms with Gasteiger partial charge in [-0.15, -0.1) is 0 Å². The highest BCUT2D eigenvalue weighted by Crippen LogP contribution is 2.56. The van der Waals surface area contributed by atoms with E-state index in [1.807, 2.05) is 22.9 Å². The Morgan fingerprint density at radius 3 is 2.68 bits per heavy atom. The Balaban J connectivity index is 0.00000192. The van der Waals surface area contributed by atoms with E-state index >= 15 is 0 Å². The van der Waals surface area contributed by atoms with Crippen molar-refractivity contribution in [2.24, 2.45) is 0 Å². The van der Waals surface area contributed by atoms with Crippen molar-refractivity contribution < 1.29 is 4.79 Å². The van der Waals surface area contributed by atoms with Gasteiger partial charge in [0.05, 0.1) is 11.9 Å². The molecule has 2 atom stereocenters. The first-order valence-electron chi connectivity index (χ1n) is 9.94. The van der Waals surface area contributed by atoms with E-state index in [0.29, 0.717) is 11.8 Å². The summed E-state index contributed by atoms with van der Waals surface area (Å²) in [5.41, 5.74) is 6.74. The van der Waals surface area contributed by atoms with Gasteiger partial charge < -0.3 is 10.2 Å². The van der Waals surface area contributed by atoms with E-state index in [1.165, 1.54) is 36.0 Å². The minimum atomic E-state index is 0. The number of fused-ring (bicyclic) bond motifs is 5. The average molecular weight is 396 g/mol. The van der Waals surface area contributed by atoms with Gasteiger partial charge in [-0.25, -0.2) is 4.98 Å². The molecule has 1 saturated heterocycles. The minimum Gasteiger partial charge on any atom is -0.354 e. The Kier molecular flexibility index (Phi) is 5.37. The number of hydrogen-bond acceptors (Lipinski definition) is 4. The number of amides is 1. The predicted octanol–water partition coefficient (Wildman–Crippen LogP) is 5.32. The van der Waals surface area contributed by atoms with Crippen LogP contribution in [0.15, 0.2) is 30.5 Å². The Morgan fingerprint density at radius 1 is 1.18 bits per heavy atom. The fraction of sp³-hybridized carbons (Fsp3) is 0.478. The van der Waals surface area contributed by atoms with Crippen LogP contribution in [-0.4, -0.2) is 40.4 Å². The number of carbonyl (C=O) groups is 1. The number of aromatic nitrogens is 1. The second-order valence-corrected chi connectivity index (χ2v) is 9.18. The second-order valence-electron chi connectivity index (χ2n) is 7.95. The molecule has 3 aliphatic rings. The maximum atomic E-state index is 13.2. The summed E-state index contributed by atoms with van der Waals surface area (Å²) >= 11 is 1.93. The van der Waals surface area contributed by atoms with Crippen molar-refractivity contribution in [2.75, 3.05) is 29.9 Å². The summed E-state index contributed by atoms with van der Waals surface area (Å²) in [4.78, 5) is 19.9. The highest BCUT2D eigenvalue weighted by Gasteiger charge is 2.42. The number of pyridine rings is 1. The quantitative estimate of drug-likeness (QED) is 0.764. The van der Waals surface area contributed by atoms with Crippen LogP contribution in [0.25, 0.3) is 0 Å². The lowest BCUT2D eigenvalue weighted by Gasteiger charge is -2.28. The molecule has 1 N–H and O–H groups in total. The number of benzene rings is 1. The maximum Gasteiger partial charge on any atom is 0.272 e. The molecule has 1 aromatic heterocycles. The van der Waals surface area contributed by atoms with Gasteiger partial charge in [0, 0.05) is 30.3 Å². The highest BCUT2D eigenvalue weighted by atomic mass is 32.2. The van der Waals surface area contributed by atoms with Crippen molar-refractivity contribution in [3.63, 3.8) is 0 Å². The molecule has 1 amide bonds. The van der Waals surface area contributed by atoms with Gasteiger partial charge in [-0.05, 0) is 66.8 Å². The van der Waals surface area contributed by atoms with Crippen LogP contribution >= 0.6 is 11.8 Å². The van der Waals surface area contributed by atoms with E-state index in [9.17, 15) is 4.79 Å². The zero-order chi connectivity index (χ0) is 18.4. The predicted molar refractivity (Wildman–Crippen MR) is 118 cm³/mol. The van der Waals surface area contributed by atoms with Crippen LogP contribution in [0.1, 0.15) is 65.7 Å². The lowest BCUT2D eigenvalue weighted by Crippen LogP contribution is -2.39. The largest absolute Gasteiger partial charge is 0.354 e. The monoisotopic (exact) mass is 395 g/mol. The highest BCUT2D eigenvalue weighted by molar-refractivity contribution is 7.99. The van der Waals surface area contributed by atoms with E-state index in [1.54, 1.807) is 0 Å². The zero-order valence-corrected chi connectivity index (χ0v) is 16.5. The van der Waals surface area contributed by atoms with Crippen LogP contribution in [0.5, 0.6) is 0 Å². The molecule has 2 aromatic rings. The second kappa shape index (κ2) is 7.78. The van der Waals surface area contributed by atoms with E-state index in [2.05, 4.69) is 36.5 Å². The van der Waals surface area contributed by atoms with Crippen LogP contribution < -0.4 is 5.32 Å². The maximum absolute atomic E-state index is 13.2. The first-order valence-corrected chi connectivity index (χ1v) is 11.1. The van der Waals surface area contributed by atoms with Crippen LogP contribution in [-0.2, 0) is 0 Å². The number of rotatable bonds is 3. The number of nitrogens with zero attached hydrogens (tertiary/aromatic N) is 2. The molecule has 2 aliphatic carbocycles. The Bertz CT molecular complexity index is 891. The third kappa shape index (κ3) is 3.30. The molecule has 148 valence electrons. The molecule has 2 bridgehead atoms. The van der Waals surface area contributed by atoms with E-state index < -0.39 is 0 Å². The van der Waals surface area contributed by atoms with Gasteiger partial charge in [0.15, 0.2) is 0 Å². The molecular weight excluding hydrogens is 366 g/mol. The first kappa shape index (κ1) is 19.3. The van der Waals surface area contributed by atoms with Gasteiger partial charge in [0.1, 0.15) is 5.69 Å². The summed E-state index contributed by atoms with van der Waals surface area (Å²) in [5, 5.41) is 3.58. The van der Waals surface area contributed by atoms with Gasteiger partial charge in [-0.3, -0.25) is 4.79 Å². The Morgan fingerprint density at radius 2 is 1.93 bits per heavy atom. The molecule has 0 spiro atoms. The lowest BCUT2D eigenvalue weighted by atomic mass is 9.89. The van der Waals surface area contributed by atoms with Crippen LogP contribution in [0, 0.1) is 6.92 Å². The van der Waals surface area contributed by atoms with E-state index in [0.717, 1.165) is 41.7 Å². The smallest absolute Gasteiger partial charge is 0.272 e. The summed E-state index contributed by atoms with van der Waals surface area (Å²) in [6, 6.07) is 8.43. The summed E-state index contributed by atoms with van der Waals surface area (Å²) in [6.45, 7) is 3.79. The van der Waals surface area contributed by atoms with Crippen molar-refractivity contribution in [3.05, 3.63) is 52.8 Å². The molecule has 1 aliphatic heterocycles. The number of carbonyl (C=O) groups excluding carboxylic acids is 1. The Labute approximate surface area is 172 Å². The number of hydrogen-bond donors (Lipinski definition) is 1. The van der Waals surface area contributed by atoms with Crippen molar-refractivity contribution in [1.29, 1.82) is 0 Å². The topological polar surface area (TPSA) is 45.2 Å². The molecule has 2 heterocycles. The van der Waals surface area contributed by atoms with E-state index in [-0.39, 0.29) is 13.3 Å². The van der Waals surface area contributed by atoms with Crippen molar-refractivity contribution in [3.8, 4) is 0 Å². The molecule has 5 heteroatoms. The lowest BCUT2D eigenvalue weighted by molar-refractivity contribution is 0.0764. The SMILES string of the molecule is C.Cc1cccc(Nc2cnc(C(=O)N3CCSCC3)c3c2C2CCC3C2)c1. The fourth-order valence-corrected chi connectivity index (χ4v) is 5.87. The van der Waals surface area contributed by atoms with Gasteiger partial charge in [0.2, 0.25) is 0 Å². The summed E-state index contributed by atoms with van der Waals surface area (Å²) < 4.78 is 0. The van der Waals surface area contributed by atoms with Crippen molar-refractivity contribution >= 4 is 29.0 Å². The Hall–Kier alpha value is -2.01. The molecule has 2 fully saturated rings. The molecular formula is C23H29N3OS. The third-order valence-electron chi connectivity index (χ3n) is 6.21. The zero-order valence-electron chi connectivity index (χ0n) is 15.7. The molecule has 5 rings (SSSR count). The molecule has 1 saturated carbocycles. The fourth-order valence-electron chi connectivity index (χ4n) is 4.96. The van der Waals surface area contributed by atoms with Crippen LogP contribution in [0.3, 0.4) is 0 Å². The van der Waals surface area contributed by atoms with Gasteiger partial charge >= 0.3 is 0 Å². The van der Waals surface area contributed by atoms with E-state index in [4.69, 9.17) is 4.98 Å². The van der Waals surface area contributed by atoms with Gasteiger partial charge in [-0.1, -0.05) is 19.6 Å². The normalized spacial score (nSPS) is 22.5. The van der Waals surface area contributed by atoms with Crippen molar-refractivity contribution in [1.82, 2.24) is 9.88 Å². The molecule has 1 aromatic carbocycles. The first-order chi connectivity index (χ1) is 13.2. The molecule has 2 unspecified atom stereocenters. The number of aryl methyl sites for hydroxylation is 1. The third-order valence-corrected chi connectivity index (χ3v) is 7.15. The van der Waals surface area contributed by atoms with Crippen molar-refractivity contribution in [2.45, 2.75) is 45.4 Å². The van der Waals surface area contributed by atoms with Gasteiger partial charge in [-0.2, -0.15) is 11.8 Å². The minimum absolute atomic E-state index is 0. The molecule has 28 heavy (non-hydrogen) atoms. The standard InChI is InChI=1S/C22H25N3OS.CH4/c1-14-3-2-4-17(11-14)24-18-13-23-21(22(26)25-7-9-27-10-8-25)20-16-6-5-15(12-16)19(18)20;/h2-4,11,13,15-16,24H,5-10,12H2,1H3;1H4. The molecule has 4 nitrogen and oxygen atoms in total. The number of nitrogens with one attached hydrogen (secondary N) is 1. The average Bonchev–Trinajstić information content (AvgIpc) is 3.31. The summed E-state index contributed by atoms with van der Waals surface area (Å²) in [5.74, 6) is 3.29.